The molecule has 0 aromatic heterocycles. The molecule has 1 aliphatic carbocycles. The predicted molar refractivity (Wildman–Crippen MR) is 48.0 cm³/mol. The smallest absolute Gasteiger partial charge is 0.0344 e. The van der Waals surface area contributed by atoms with Gasteiger partial charge in [0.15, 0.2) is 0 Å². The lowest BCUT2D eigenvalue weighted by Gasteiger charge is -2.09. The minimum Gasteiger partial charge on any atom is -0.269 e. The van der Waals surface area contributed by atoms with E-state index in [4.69, 9.17) is 5.84 Å². The van der Waals surface area contributed by atoms with E-state index >= 15 is 0 Å². The standard InChI is InChI=1S/C9H18N2/c1-3-5-8-6-9(8)7-11(10)4-2/h3-7,10H2,1-2H3. The SMILES string of the molecule is CCCC1=C(CN(N)CC)C1. The largest absolute Gasteiger partial charge is 0.269 e. The van der Waals surface area contributed by atoms with Crippen molar-refractivity contribution in [2.45, 2.75) is 33.1 Å². The second-order valence-corrected chi connectivity index (χ2v) is 3.20. The number of nitrogens with zero attached hydrogens (tertiary/aromatic N) is 1. The van der Waals surface area contributed by atoms with Gasteiger partial charge in [0.2, 0.25) is 0 Å². The molecule has 2 N–H and O–H groups in total. The number of allylic oxidation sites excluding steroid dienone is 1. The van der Waals surface area contributed by atoms with Gasteiger partial charge in [-0.1, -0.05) is 31.4 Å². The highest BCUT2D eigenvalue weighted by Crippen LogP contribution is 2.34. The first-order valence-corrected chi connectivity index (χ1v) is 4.47. The molecule has 0 radical (unpaired) electrons. The zero-order valence-electron chi connectivity index (χ0n) is 7.56. The molecule has 0 fully saturated rings. The van der Waals surface area contributed by atoms with Crippen LogP contribution in [-0.2, 0) is 0 Å². The Morgan fingerprint density at radius 2 is 2.09 bits per heavy atom. The van der Waals surface area contributed by atoms with Crippen LogP contribution in [0.4, 0.5) is 0 Å². The van der Waals surface area contributed by atoms with Crippen molar-refractivity contribution >= 4 is 0 Å². The van der Waals surface area contributed by atoms with Crippen molar-refractivity contribution in [1.82, 2.24) is 5.01 Å². The number of likely N-dealkylation sites (N-methyl/N-ethyl adjacent to an activating group) is 1. The number of rotatable bonds is 5. The molecule has 0 aromatic carbocycles. The summed E-state index contributed by atoms with van der Waals surface area (Å²) in [5.41, 5.74) is 3.23. The topological polar surface area (TPSA) is 29.3 Å². The molecule has 2 heteroatoms. The van der Waals surface area contributed by atoms with Gasteiger partial charge in [0.1, 0.15) is 0 Å². The van der Waals surface area contributed by atoms with Crippen LogP contribution in [0, 0.1) is 0 Å². The monoisotopic (exact) mass is 154 g/mol. The maximum absolute atomic E-state index is 5.67. The van der Waals surface area contributed by atoms with E-state index in [1.54, 1.807) is 11.1 Å². The van der Waals surface area contributed by atoms with Gasteiger partial charge in [0.25, 0.3) is 0 Å². The normalized spacial score (nSPS) is 16.4. The first kappa shape index (κ1) is 8.75. The molecule has 0 saturated carbocycles. The van der Waals surface area contributed by atoms with Crippen LogP contribution in [0.15, 0.2) is 11.1 Å². The Bertz CT molecular complexity index is 161. The van der Waals surface area contributed by atoms with E-state index in [1.807, 2.05) is 5.01 Å². The van der Waals surface area contributed by atoms with E-state index in [2.05, 4.69) is 13.8 Å². The predicted octanol–water partition coefficient (Wildman–Crippen LogP) is 1.68. The lowest BCUT2D eigenvalue weighted by atomic mass is 10.3. The third-order valence-corrected chi connectivity index (χ3v) is 2.15. The molecule has 0 heterocycles. The van der Waals surface area contributed by atoms with Crippen LogP contribution in [0.2, 0.25) is 0 Å². The van der Waals surface area contributed by atoms with Crippen molar-refractivity contribution in [2.75, 3.05) is 13.1 Å². The molecule has 0 amide bonds. The van der Waals surface area contributed by atoms with Crippen LogP contribution in [0.3, 0.4) is 0 Å². The van der Waals surface area contributed by atoms with E-state index in [-0.39, 0.29) is 0 Å². The molecule has 0 atom stereocenters. The minimum absolute atomic E-state index is 0.947. The highest BCUT2D eigenvalue weighted by Gasteiger charge is 2.20. The summed E-state index contributed by atoms with van der Waals surface area (Å²) in [4.78, 5) is 0. The summed E-state index contributed by atoms with van der Waals surface area (Å²) in [5.74, 6) is 5.67. The number of hydrogen-bond donors (Lipinski definition) is 1. The van der Waals surface area contributed by atoms with Gasteiger partial charge in [0.05, 0.1) is 0 Å². The first-order chi connectivity index (χ1) is 5.27. The summed E-state index contributed by atoms with van der Waals surface area (Å²) in [7, 11) is 0. The highest BCUT2D eigenvalue weighted by atomic mass is 15.4. The zero-order chi connectivity index (χ0) is 8.27. The van der Waals surface area contributed by atoms with Gasteiger partial charge in [-0.05, 0) is 12.8 Å². The Hall–Kier alpha value is -0.340. The Labute approximate surface area is 69.0 Å². The molecule has 2 nitrogen and oxygen atoms in total. The van der Waals surface area contributed by atoms with Crippen molar-refractivity contribution in [3.63, 3.8) is 0 Å². The summed E-state index contributed by atoms with van der Waals surface area (Å²) < 4.78 is 0. The van der Waals surface area contributed by atoms with Crippen LogP contribution in [-0.4, -0.2) is 18.1 Å². The van der Waals surface area contributed by atoms with Crippen LogP contribution >= 0.6 is 0 Å². The van der Waals surface area contributed by atoms with Crippen molar-refractivity contribution in [3.05, 3.63) is 11.1 Å². The lowest BCUT2D eigenvalue weighted by Crippen LogP contribution is -2.31. The van der Waals surface area contributed by atoms with E-state index < -0.39 is 0 Å². The van der Waals surface area contributed by atoms with Gasteiger partial charge in [-0.3, -0.25) is 5.84 Å². The van der Waals surface area contributed by atoms with Crippen molar-refractivity contribution in [1.29, 1.82) is 0 Å². The summed E-state index contributed by atoms with van der Waals surface area (Å²) in [6.07, 6.45) is 3.81. The Morgan fingerprint density at radius 1 is 1.36 bits per heavy atom. The second kappa shape index (κ2) is 3.88. The molecule has 0 bridgehead atoms. The average molecular weight is 154 g/mol. The summed E-state index contributed by atoms with van der Waals surface area (Å²) in [6.45, 7) is 6.25. The van der Waals surface area contributed by atoms with E-state index in [1.165, 1.54) is 19.3 Å². The van der Waals surface area contributed by atoms with Crippen LogP contribution in [0.1, 0.15) is 33.1 Å². The molecule has 0 unspecified atom stereocenters. The lowest BCUT2D eigenvalue weighted by molar-refractivity contribution is 0.328. The molecule has 1 aliphatic rings. The quantitative estimate of drug-likeness (QED) is 0.371. The maximum atomic E-state index is 5.67. The number of hydrazine groups is 1. The van der Waals surface area contributed by atoms with Crippen LogP contribution in [0.5, 0.6) is 0 Å². The molecular weight excluding hydrogens is 136 g/mol. The van der Waals surface area contributed by atoms with Gasteiger partial charge in [-0.25, -0.2) is 5.01 Å². The van der Waals surface area contributed by atoms with Gasteiger partial charge in [0, 0.05) is 13.1 Å². The van der Waals surface area contributed by atoms with E-state index in [0.29, 0.717) is 0 Å². The molecular formula is C9H18N2. The summed E-state index contributed by atoms with van der Waals surface area (Å²) in [5, 5.41) is 1.87. The Morgan fingerprint density at radius 3 is 2.64 bits per heavy atom. The van der Waals surface area contributed by atoms with Crippen molar-refractivity contribution in [2.24, 2.45) is 5.84 Å². The van der Waals surface area contributed by atoms with Crippen LogP contribution < -0.4 is 5.84 Å². The third-order valence-electron chi connectivity index (χ3n) is 2.15. The van der Waals surface area contributed by atoms with E-state index in [9.17, 15) is 0 Å². The third kappa shape index (κ3) is 2.64. The second-order valence-electron chi connectivity index (χ2n) is 3.20. The van der Waals surface area contributed by atoms with E-state index in [0.717, 1.165) is 13.1 Å². The fourth-order valence-electron chi connectivity index (χ4n) is 1.30. The first-order valence-electron chi connectivity index (χ1n) is 4.47. The molecule has 64 valence electrons. The molecule has 11 heavy (non-hydrogen) atoms. The molecule has 0 aromatic rings. The molecule has 1 rings (SSSR count). The molecule has 0 spiro atoms. The summed E-state index contributed by atoms with van der Waals surface area (Å²) >= 11 is 0. The minimum atomic E-state index is 0.947. The van der Waals surface area contributed by atoms with Gasteiger partial charge >= 0.3 is 0 Å². The van der Waals surface area contributed by atoms with Crippen LogP contribution in [0.25, 0.3) is 0 Å². The summed E-state index contributed by atoms with van der Waals surface area (Å²) in [6, 6.07) is 0. The van der Waals surface area contributed by atoms with Gasteiger partial charge in [-0.2, -0.15) is 0 Å². The van der Waals surface area contributed by atoms with Crippen molar-refractivity contribution in [3.8, 4) is 0 Å². The molecule has 0 aliphatic heterocycles. The Kier molecular flexibility index (Phi) is 3.09. The fourth-order valence-corrected chi connectivity index (χ4v) is 1.30. The Balaban J connectivity index is 2.20. The zero-order valence-corrected chi connectivity index (χ0v) is 7.56. The highest BCUT2D eigenvalue weighted by molar-refractivity contribution is 5.35. The number of nitrogens with two attached hydrogens (primary N) is 1. The van der Waals surface area contributed by atoms with Gasteiger partial charge in [-0.15, -0.1) is 0 Å². The fraction of sp³-hybridized carbons (Fsp3) is 0.778. The molecule has 0 saturated heterocycles. The number of hydrogen-bond acceptors (Lipinski definition) is 2. The van der Waals surface area contributed by atoms with Gasteiger partial charge < -0.3 is 0 Å². The average Bonchev–Trinajstić information content (AvgIpc) is 2.69. The maximum Gasteiger partial charge on any atom is 0.0344 e. The van der Waals surface area contributed by atoms with Crippen molar-refractivity contribution < 1.29 is 0 Å².